The molecule has 0 aliphatic carbocycles. The molecule has 0 radical (unpaired) electrons. The van der Waals surface area contributed by atoms with Gasteiger partial charge in [0, 0.05) is 25.2 Å². The molecule has 0 amide bonds. The number of pyridine rings is 1. The van der Waals surface area contributed by atoms with Gasteiger partial charge in [0.25, 0.3) is 0 Å². The zero-order valence-electron chi connectivity index (χ0n) is 7.78. The van der Waals surface area contributed by atoms with Crippen molar-refractivity contribution in [3.05, 3.63) is 23.5 Å². The summed E-state index contributed by atoms with van der Waals surface area (Å²) in [5.41, 5.74) is 1.20. The van der Waals surface area contributed by atoms with Gasteiger partial charge in [-0.1, -0.05) is 11.6 Å². The molecule has 2 atom stereocenters. The molecular formula is C10H12ClN3. The summed E-state index contributed by atoms with van der Waals surface area (Å²) in [7, 11) is 0. The van der Waals surface area contributed by atoms with E-state index in [2.05, 4.69) is 21.3 Å². The first-order valence-electron chi connectivity index (χ1n) is 4.94. The molecule has 3 heterocycles. The minimum Gasteiger partial charge on any atom is -0.364 e. The first kappa shape index (κ1) is 8.50. The third kappa shape index (κ3) is 1.28. The number of anilines is 1. The van der Waals surface area contributed by atoms with Gasteiger partial charge >= 0.3 is 0 Å². The number of hydrogen-bond donors (Lipinski definition) is 1. The molecule has 1 aromatic heterocycles. The van der Waals surface area contributed by atoms with E-state index in [1.165, 1.54) is 12.1 Å². The topological polar surface area (TPSA) is 28.2 Å². The molecule has 1 N–H and O–H groups in total. The van der Waals surface area contributed by atoms with Crippen molar-refractivity contribution in [2.75, 3.05) is 18.0 Å². The van der Waals surface area contributed by atoms with E-state index in [0.29, 0.717) is 17.2 Å². The zero-order chi connectivity index (χ0) is 9.54. The normalized spacial score (nSPS) is 29.9. The Hall–Kier alpha value is -0.800. The molecule has 2 bridgehead atoms. The van der Waals surface area contributed by atoms with E-state index < -0.39 is 0 Å². The van der Waals surface area contributed by atoms with Crippen molar-refractivity contribution in [2.45, 2.75) is 18.5 Å². The number of piperazine rings is 1. The summed E-state index contributed by atoms with van der Waals surface area (Å²) < 4.78 is 0. The Bertz CT molecular complexity index is 338. The van der Waals surface area contributed by atoms with Crippen LogP contribution < -0.4 is 10.2 Å². The predicted octanol–water partition coefficient (Wildman–Crippen LogP) is 1.29. The molecule has 2 aliphatic rings. The van der Waals surface area contributed by atoms with Gasteiger partial charge in [-0.25, -0.2) is 4.98 Å². The lowest BCUT2D eigenvalue weighted by atomic mass is 10.2. The van der Waals surface area contributed by atoms with Crippen LogP contribution in [0.2, 0.25) is 5.15 Å². The molecule has 2 saturated heterocycles. The molecule has 2 fully saturated rings. The Balaban J connectivity index is 1.86. The quantitative estimate of drug-likeness (QED) is 0.707. The highest BCUT2D eigenvalue weighted by atomic mass is 35.5. The summed E-state index contributed by atoms with van der Waals surface area (Å²) in [6, 6.07) is 5.24. The predicted molar refractivity (Wildman–Crippen MR) is 56.8 cm³/mol. The minimum absolute atomic E-state index is 0.566. The number of rotatable bonds is 1. The van der Waals surface area contributed by atoms with Crippen LogP contribution in [0.15, 0.2) is 18.3 Å². The molecule has 0 aromatic carbocycles. The largest absolute Gasteiger partial charge is 0.364 e. The van der Waals surface area contributed by atoms with Crippen molar-refractivity contribution in [3.8, 4) is 0 Å². The van der Waals surface area contributed by atoms with Gasteiger partial charge in [0.1, 0.15) is 5.15 Å². The van der Waals surface area contributed by atoms with Crippen molar-refractivity contribution in [2.24, 2.45) is 0 Å². The number of halogens is 1. The van der Waals surface area contributed by atoms with Gasteiger partial charge in [-0.05, 0) is 18.6 Å². The highest BCUT2D eigenvalue weighted by Crippen LogP contribution is 2.28. The van der Waals surface area contributed by atoms with Crippen LogP contribution in [0.4, 0.5) is 5.69 Å². The summed E-state index contributed by atoms with van der Waals surface area (Å²) >= 11 is 5.76. The van der Waals surface area contributed by atoms with Crippen LogP contribution in [0.25, 0.3) is 0 Å². The van der Waals surface area contributed by atoms with E-state index in [9.17, 15) is 0 Å². The van der Waals surface area contributed by atoms with Gasteiger partial charge < -0.3 is 10.2 Å². The summed E-state index contributed by atoms with van der Waals surface area (Å²) in [6.45, 7) is 2.21. The molecule has 1 aromatic rings. The van der Waals surface area contributed by atoms with Crippen molar-refractivity contribution >= 4 is 17.3 Å². The summed E-state index contributed by atoms with van der Waals surface area (Å²) in [6.07, 6.45) is 3.13. The number of nitrogens with zero attached hydrogens (tertiary/aromatic N) is 2. The lowest BCUT2D eigenvalue weighted by Crippen LogP contribution is -2.43. The fraction of sp³-hybridized carbons (Fsp3) is 0.500. The first-order valence-corrected chi connectivity index (χ1v) is 5.32. The Morgan fingerprint density at radius 1 is 1.50 bits per heavy atom. The average molecular weight is 210 g/mol. The van der Waals surface area contributed by atoms with E-state index in [0.717, 1.165) is 13.1 Å². The second kappa shape index (κ2) is 3.11. The molecule has 0 saturated carbocycles. The smallest absolute Gasteiger partial charge is 0.129 e. The molecule has 3 nitrogen and oxygen atoms in total. The summed E-state index contributed by atoms with van der Waals surface area (Å²) in [5, 5.41) is 4.04. The molecule has 0 spiro atoms. The molecule has 4 heteroatoms. The fourth-order valence-electron chi connectivity index (χ4n) is 2.41. The van der Waals surface area contributed by atoms with Crippen LogP contribution in [0.3, 0.4) is 0 Å². The van der Waals surface area contributed by atoms with Crippen molar-refractivity contribution in [1.29, 1.82) is 0 Å². The zero-order valence-corrected chi connectivity index (χ0v) is 8.54. The van der Waals surface area contributed by atoms with Crippen molar-refractivity contribution in [3.63, 3.8) is 0 Å². The van der Waals surface area contributed by atoms with E-state index in [-0.39, 0.29) is 0 Å². The number of hydrogen-bond acceptors (Lipinski definition) is 3. The molecular weight excluding hydrogens is 198 g/mol. The van der Waals surface area contributed by atoms with Gasteiger partial charge in [0.15, 0.2) is 0 Å². The Morgan fingerprint density at radius 3 is 3.00 bits per heavy atom. The molecule has 0 unspecified atom stereocenters. The molecule has 74 valence electrons. The van der Waals surface area contributed by atoms with Crippen LogP contribution in [0.5, 0.6) is 0 Å². The van der Waals surface area contributed by atoms with Crippen molar-refractivity contribution < 1.29 is 0 Å². The van der Waals surface area contributed by atoms with Gasteiger partial charge in [0.05, 0.1) is 11.9 Å². The van der Waals surface area contributed by atoms with Crippen LogP contribution in [0.1, 0.15) is 6.42 Å². The van der Waals surface area contributed by atoms with Crippen LogP contribution >= 0.6 is 11.6 Å². The maximum Gasteiger partial charge on any atom is 0.129 e. The van der Waals surface area contributed by atoms with Gasteiger partial charge in [-0.15, -0.1) is 0 Å². The van der Waals surface area contributed by atoms with Crippen molar-refractivity contribution in [1.82, 2.24) is 10.3 Å². The Kier molecular flexibility index (Phi) is 1.89. The van der Waals surface area contributed by atoms with E-state index in [1.807, 2.05) is 12.3 Å². The monoisotopic (exact) mass is 209 g/mol. The highest BCUT2D eigenvalue weighted by Gasteiger charge is 2.37. The lowest BCUT2D eigenvalue weighted by Gasteiger charge is -2.29. The summed E-state index contributed by atoms with van der Waals surface area (Å²) in [4.78, 5) is 6.53. The molecule has 14 heavy (non-hydrogen) atoms. The highest BCUT2D eigenvalue weighted by molar-refractivity contribution is 6.29. The van der Waals surface area contributed by atoms with E-state index >= 15 is 0 Å². The van der Waals surface area contributed by atoms with Gasteiger partial charge in [-0.2, -0.15) is 0 Å². The molecule has 2 aliphatic heterocycles. The summed E-state index contributed by atoms with van der Waals surface area (Å²) in [5.74, 6) is 0. The second-order valence-corrected chi connectivity index (χ2v) is 4.37. The van der Waals surface area contributed by atoms with Gasteiger partial charge in [0.2, 0.25) is 0 Å². The average Bonchev–Trinajstić information content (AvgIpc) is 2.80. The first-order chi connectivity index (χ1) is 6.83. The van der Waals surface area contributed by atoms with E-state index in [4.69, 9.17) is 11.6 Å². The fourth-order valence-corrected chi connectivity index (χ4v) is 2.53. The number of aromatic nitrogens is 1. The number of fused-ring (bicyclic) bond motifs is 2. The van der Waals surface area contributed by atoms with E-state index in [1.54, 1.807) is 0 Å². The standard InChI is InChI=1S/C10H12ClN3/c11-10-2-1-8(4-13-10)14-6-7-3-9(14)5-12-7/h1-2,4,7,9,12H,3,5-6H2/t7-,9-/m0/s1. The number of nitrogens with one attached hydrogen (secondary N) is 1. The third-order valence-electron chi connectivity index (χ3n) is 3.10. The van der Waals surface area contributed by atoms with Crippen LogP contribution in [-0.2, 0) is 0 Å². The SMILES string of the molecule is Clc1ccc(N2C[C@@H]3C[C@H]2CN3)cn1. The lowest BCUT2D eigenvalue weighted by molar-refractivity contribution is 0.579. The van der Waals surface area contributed by atoms with Crippen LogP contribution in [-0.4, -0.2) is 30.2 Å². The maximum absolute atomic E-state index is 5.76. The Morgan fingerprint density at radius 2 is 2.43 bits per heavy atom. The Labute approximate surface area is 88.1 Å². The second-order valence-electron chi connectivity index (χ2n) is 3.99. The minimum atomic E-state index is 0.566. The molecule has 3 rings (SSSR count). The van der Waals surface area contributed by atoms with Crippen LogP contribution in [0, 0.1) is 0 Å². The van der Waals surface area contributed by atoms with Gasteiger partial charge in [-0.3, -0.25) is 0 Å². The third-order valence-corrected chi connectivity index (χ3v) is 3.32. The maximum atomic E-state index is 5.76.